The lowest BCUT2D eigenvalue weighted by molar-refractivity contribution is 0.0599. The molecule has 5 heteroatoms. The lowest BCUT2D eigenvalue weighted by Gasteiger charge is -2.14. The summed E-state index contributed by atoms with van der Waals surface area (Å²) in [7, 11) is 0.436. The van der Waals surface area contributed by atoms with Crippen LogP contribution in [-0.4, -0.2) is 26.9 Å². The Balaban J connectivity index is 2.47. The van der Waals surface area contributed by atoms with Crippen molar-refractivity contribution in [1.82, 2.24) is 0 Å². The number of carbonyl (C=O) groups is 1. The van der Waals surface area contributed by atoms with Crippen LogP contribution in [-0.2, 0) is 10.5 Å². The fourth-order valence-corrected chi connectivity index (χ4v) is 4.99. The minimum absolute atomic E-state index is 0.324. The fourth-order valence-electron chi connectivity index (χ4n) is 1.48. The molecule has 1 rings (SSSR count). The summed E-state index contributed by atoms with van der Waals surface area (Å²) >= 11 is 1.86. The zero-order valence-electron chi connectivity index (χ0n) is 11.8. The first kappa shape index (κ1) is 15.4. The zero-order chi connectivity index (χ0) is 13.8. The van der Waals surface area contributed by atoms with E-state index in [1.54, 1.807) is 13.0 Å². The number of hydrogen-bond acceptors (Lipinski definition) is 4. The second kappa shape index (κ2) is 6.47. The van der Waals surface area contributed by atoms with Crippen molar-refractivity contribution in [1.29, 1.82) is 0 Å². The molecule has 1 aromatic rings. The summed E-state index contributed by atoms with van der Waals surface area (Å²) in [6.07, 6.45) is 0. The third kappa shape index (κ3) is 4.90. The molecule has 0 radical (unpaired) electrons. The van der Waals surface area contributed by atoms with Gasteiger partial charge in [-0.2, -0.15) is 11.8 Å². The van der Waals surface area contributed by atoms with Crippen molar-refractivity contribution in [3.05, 3.63) is 23.2 Å². The predicted octanol–water partition coefficient (Wildman–Crippen LogP) is 3.95. The molecular formula is C13H22O3SSi. The van der Waals surface area contributed by atoms with E-state index in [0.29, 0.717) is 11.3 Å². The Morgan fingerprint density at radius 3 is 2.67 bits per heavy atom. The molecule has 0 N–H and O–H groups in total. The first-order chi connectivity index (χ1) is 8.33. The molecular weight excluding hydrogens is 264 g/mol. The number of carbonyl (C=O) groups excluding carboxylic acids is 1. The van der Waals surface area contributed by atoms with Gasteiger partial charge in [-0.05, 0) is 24.8 Å². The first-order valence-electron chi connectivity index (χ1n) is 6.09. The molecule has 18 heavy (non-hydrogen) atoms. The molecule has 3 nitrogen and oxygen atoms in total. The van der Waals surface area contributed by atoms with E-state index < -0.39 is 8.07 Å². The summed E-state index contributed by atoms with van der Waals surface area (Å²) in [5, 5.41) is 0. The molecule has 0 saturated carbocycles. The van der Waals surface area contributed by atoms with E-state index in [-0.39, 0.29) is 5.97 Å². The second-order valence-corrected chi connectivity index (χ2v) is 12.3. The molecule has 0 aromatic carbocycles. The summed E-state index contributed by atoms with van der Waals surface area (Å²) in [5.41, 5.74) is 0.540. The largest absolute Gasteiger partial charge is 0.465 e. The van der Waals surface area contributed by atoms with Gasteiger partial charge in [-0.1, -0.05) is 19.6 Å². The van der Waals surface area contributed by atoms with Crippen molar-refractivity contribution >= 4 is 25.8 Å². The van der Waals surface area contributed by atoms with Crippen molar-refractivity contribution in [3.8, 4) is 0 Å². The number of hydrogen-bond donors (Lipinski definition) is 0. The molecule has 0 aliphatic rings. The lowest BCUT2D eigenvalue weighted by atomic mass is 10.2. The molecule has 0 saturated heterocycles. The Kier molecular flexibility index (Phi) is 5.53. The minimum atomic E-state index is -0.950. The van der Waals surface area contributed by atoms with Crippen LogP contribution in [0, 0.1) is 6.92 Å². The third-order valence-electron chi connectivity index (χ3n) is 2.61. The maximum Gasteiger partial charge on any atom is 0.341 e. The van der Waals surface area contributed by atoms with Crippen LogP contribution in [0.1, 0.15) is 21.9 Å². The number of methoxy groups -OCH3 is 1. The van der Waals surface area contributed by atoms with Gasteiger partial charge in [0.2, 0.25) is 0 Å². The Bertz CT molecular complexity index is 407. The summed E-state index contributed by atoms with van der Waals surface area (Å²) < 4.78 is 10.3. The quantitative estimate of drug-likeness (QED) is 0.451. The predicted molar refractivity (Wildman–Crippen MR) is 79.1 cm³/mol. The molecule has 0 aliphatic carbocycles. The van der Waals surface area contributed by atoms with E-state index in [0.717, 1.165) is 17.3 Å². The summed E-state index contributed by atoms with van der Waals surface area (Å²) in [4.78, 5) is 11.4. The highest BCUT2D eigenvalue weighted by Crippen LogP contribution is 2.22. The van der Waals surface area contributed by atoms with Gasteiger partial charge in [0.05, 0.1) is 12.9 Å². The van der Waals surface area contributed by atoms with E-state index in [4.69, 9.17) is 9.15 Å². The number of furan rings is 1. The van der Waals surface area contributed by atoms with Crippen LogP contribution < -0.4 is 0 Å². The van der Waals surface area contributed by atoms with Gasteiger partial charge in [0.25, 0.3) is 0 Å². The highest BCUT2D eigenvalue weighted by molar-refractivity contribution is 7.98. The highest BCUT2D eigenvalue weighted by Gasteiger charge is 2.16. The monoisotopic (exact) mass is 286 g/mol. The Hall–Kier alpha value is -0.683. The summed E-state index contributed by atoms with van der Waals surface area (Å²) in [5.74, 6) is 3.15. The van der Waals surface area contributed by atoms with Crippen LogP contribution in [0.5, 0.6) is 0 Å². The number of aryl methyl sites for hydroxylation is 1. The van der Waals surface area contributed by atoms with E-state index in [1.165, 1.54) is 13.2 Å². The van der Waals surface area contributed by atoms with Gasteiger partial charge in [-0.25, -0.2) is 4.79 Å². The Labute approximate surface area is 114 Å². The topological polar surface area (TPSA) is 39.4 Å². The van der Waals surface area contributed by atoms with Crippen molar-refractivity contribution in [3.63, 3.8) is 0 Å². The summed E-state index contributed by atoms with van der Waals surface area (Å²) in [6, 6.07) is 3.10. The van der Waals surface area contributed by atoms with Gasteiger partial charge >= 0.3 is 5.97 Å². The van der Waals surface area contributed by atoms with E-state index in [9.17, 15) is 4.79 Å². The molecule has 0 bridgehead atoms. The van der Waals surface area contributed by atoms with Crippen molar-refractivity contribution in [2.24, 2.45) is 0 Å². The van der Waals surface area contributed by atoms with Crippen LogP contribution in [0.2, 0.25) is 25.7 Å². The molecule has 1 aromatic heterocycles. The summed E-state index contributed by atoms with van der Waals surface area (Å²) in [6.45, 7) is 8.92. The molecule has 1 heterocycles. The molecule has 0 aliphatic heterocycles. The fraction of sp³-hybridized carbons (Fsp3) is 0.615. The average Bonchev–Trinajstić information content (AvgIpc) is 2.64. The highest BCUT2D eigenvalue weighted by atomic mass is 32.2. The number of rotatable bonds is 6. The van der Waals surface area contributed by atoms with Gasteiger partial charge in [-0.3, -0.25) is 0 Å². The molecule has 102 valence electrons. The number of ether oxygens (including phenoxy) is 1. The van der Waals surface area contributed by atoms with Crippen LogP contribution >= 0.6 is 11.8 Å². The number of thioether (sulfide) groups is 1. The molecule has 0 atom stereocenters. The molecule has 0 unspecified atom stereocenters. The van der Waals surface area contributed by atoms with Crippen LogP contribution in [0.25, 0.3) is 0 Å². The first-order valence-corrected chi connectivity index (χ1v) is 10.9. The molecule has 0 spiro atoms. The average molecular weight is 286 g/mol. The molecule has 0 fully saturated rings. The van der Waals surface area contributed by atoms with Gasteiger partial charge in [-0.15, -0.1) is 0 Å². The van der Waals surface area contributed by atoms with Crippen LogP contribution in [0.3, 0.4) is 0 Å². The van der Waals surface area contributed by atoms with E-state index >= 15 is 0 Å². The van der Waals surface area contributed by atoms with E-state index in [2.05, 4.69) is 19.6 Å². The van der Waals surface area contributed by atoms with Crippen LogP contribution in [0.15, 0.2) is 10.5 Å². The maximum absolute atomic E-state index is 11.4. The van der Waals surface area contributed by atoms with E-state index in [1.807, 2.05) is 11.8 Å². The SMILES string of the molecule is COC(=O)c1cc(CSCC[Si](C)(C)C)oc1C. The van der Waals surface area contributed by atoms with Crippen molar-refractivity contribution < 1.29 is 13.9 Å². The number of esters is 1. The van der Waals surface area contributed by atoms with Crippen molar-refractivity contribution in [2.45, 2.75) is 38.4 Å². The van der Waals surface area contributed by atoms with Gasteiger partial charge in [0.15, 0.2) is 0 Å². The Morgan fingerprint density at radius 1 is 1.44 bits per heavy atom. The van der Waals surface area contributed by atoms with Gasteiger partial charge in [0, 0.05) is 8.07 Å². The zero-order valence-corrected chi connectivity index (χ0v) is 13.6. The molecule has 0 amide bonds. The lowest BCUT2D eigenvalue weighted by Crippen LogP contribution is -2.19. The van der Waals surface area contributed by atoms with Crippen molar-refractivity contribution in [2.75, 3.05) is 12.9 Å². The smallest absolute Gasteiger partial charge is 0.341 e. The minimum Gasteiger partial charge on any atom is -0.465 e. The van der Waals surface area contributed by atoms with Crippen LogP contribution in [0.4, 0.5) is 0 Å². The second-order valence-electron chi connectivity index (χ2n) is 5.54. The Morgan fingerprint density at radius 2 is 2.11 bits per heavy atom. The normalized spacial score (nSPS) is 11.6. The van der Waals surface area contributed by atoms with Gasteiger partial charge in [0.1, 0.15) is 17.1 Å². The maximum atomic E-state index is 11.4. The van der Waals surface area contributed by atoms with Gasteiger partial charge < -0.3 is 9.15 Å². The third-order valence-corrected chi connectivity index (χ3v) is 5.71. The standard InChI is InChI=1S/C13H22O3SSi/c1-10-12(13(14)15-2)8-11(16-10)9-17-6-7-18(3,4)5/h8H,6-7,9H2,1-5H3.